The molecular formula is C26H33N3O3. The van der Waals surface area contributed by atoms with Crippen LogP contribution in [-0.4, -0.2) is 44.2 Å². The van der Waals surface area contributed by atoms with Crippen LogP contribution in [-0.2, 0) is 0 Å². The lowest BCUT2D eigenvalue weighted by atomic mass is 9.69. The molecule has 3 heterocycles. The molecule has 5 aliphatic rings. The minimum absolute atomic E-state index is 0.0408. The number of aromatic nitrogens is 2. The highest BCUT2D eigenvalue weighted by atomic mass is 16.4. The van der Waals surface area contributed by atoms with Gasteiger partial charge in [0.2, 0.25) is 5.69 Å². The largest absolute Gasteiger partial charge is 0.476 e. The minimum atomic E-state index is -1.23. The SMILES string of the molecule is O=C(O)c1nc2ccccc2n(C2CC3CCC(C2)N(C2CC4CCCC(C4)C2)C3)c1=O. The number of carbonyl (C=O) groups is 1. The highest BCUT2D eigenvalue weighted by Crippen LogP contribution is 2.46. The second kappa shape index (κ2) is 7.98. The van der Waals surface area contributed by atoms with Crippen molar-refractivity contribution in [1.82, 2.24) is 14.5 Å². The van der Waals surface area contributed by atoms with Crippen molar-refractivity contribution >= 4 is 17.0 Å². The maximum Gasteiger partial charge on any atom is 0.360 e. The van der Waals surface area contributed by atoms with Gasteiger partial charge in [-0.1, -0.05) is 31.4 Å². The van der Waals surface area contributed by atoms with Gasteiger partial charge in [0.25, 0.3) is 5.56 Å². The van der Waals surface area contributed by atoms with E-state index in [1.165, 1.54) is 51.4 Å². The zero-order valence-electron chi connectivity index (χ0n) is 18.7. The third-order valence-electron chi connectivity index (χ3n) is 8.93. The van der Waals surface area contributed by atoms with Crippen molar-refractivity contribution in [3.8, 4) is 0 Å². The molecule has 5 atom stereocenters. The van der Waals surface area contributed by atoms with Crippen LogP contribution in [0.4, 0.5) is 0 Å². The molecule has 5 unspecified atom stereocenters. The Morgan fingerprint density at radius 1 is 0.875 bits per heavy atom. The summed E-state index contributed by atoms with van der Waals surface area (Å²) in [6.45, 7) is 1.15. The first-order valence-corrected chi connectivity index (χ1v) is 12.6. The van der Waals surface area contributed by atoms with Gasteiger partial charge in [0.05, 0.1) is 11.0 Å². The van der Waals surface area contributed by atoms with E-state index in [1.54, 1.807) is 4.57 Å². The number of carboxylic acid groups (broad SMARTS) is 1. The van der Waals surface area contributed by atoms with Crippen LogP contribution in [0.1, 0.15) is 80.7 Å². The van der Waals surface area contributed by atoms with Crippen molar-refractivity contribution in [1.29, 1.82) is 0 Å². The van der Waals surface area contributed by atoms with E-state index >= 15 is 0 Å². The second-order valence-corrected chi connectivity index (χ2v) is 10.9. The molecule has 2 saturated heterocycles. The van der Waals surface area contributed by atoms with E-state index in [0.29, 0.717) is 23.5 Å². The predicted molar refractivity (Wildman–Crippen MR) is 123 cm³/mol. The Morgan fingerprint density at radius 3 is 2.41 bits per heavy atom. The summed E-state index contributed by atoms with van der Waals surface area (Å²) in [5.74, 6) is 1.17. The van der Waals surface area contributed by atoms with Crippen LogP contribution in [0, 0.1) is 17.8 Å². The molecule has 170 valence electrons. The number of fused-ring (bicyclic) bond motifs is 7. The lowest BCUT2D eigenvalue weighted by Gasteiger charge is -2.48. The Labute approximate surface area is 188 Å². The van der Waals surface area contributed by atoms with Gasteiger partial charge in [-0.2, -0.15) is 0 Å². The van der Waals surface area contributed by atoms with Crippen molar-refractivity contribution < 1.29 is 9.90 Å². The highest BCUT2D eigenvalue weighted by molar-refractivity contribution is 5.88. The summed E-state index contributed by atoms with van der Waals surface area (Å²) in [4.78, 5) is 32.1. The van der Waals surface area contributed by atoms with Crippen molar-refractivity contribution in [2.24, 2.45) is 17.8 Å². The van der Waals surface area contributed by atoms with Crippen LogP contribution in [0.25, 0.3) is 11.0 Å². The molecular weight excluding hydrogens is 402 g/mol. The summed E-state index contributed by atoms with van der Waals surface area (Å²) in [7, 11) is 0. The number of aromatic carboxylic acids is 1. The Bertz CT molecular complexity index is 1080. The number of nitrogens with zero attached hydrogens (tertiary/aromatic N) is 3. The van der Waals surface area contributed by atoms with Crippen LogP contribution >= 0.6 is 0 Å². The molecule has 7 rings (SSSR count). The first kappa shape index (κ1) is 20.4. The monoisotopic (exact) mass is 435 g/mol. The number of carboxylic acids is 1. The van der Waals surface area contributed by atoms with Crippen molar-refractivity contribution in [2.75, 3.05) is 6.54 Å². The molecule has 1 aromatic carbocycles. The maximum absolute atomic E-state index is 13.3. The number of hydrogen-bond donors (Lipinski definition) is 1. The van der Waals surface area contributed by atoms with Crippen LogP contribution < -0.4 is 5.56 Å². The molecule has 5 fully saturated rings. The number of rotatable bonds is 3. The van der Waals surface area contributed by atoms with Gasteiger partial charge >= 0.3 is 5.97 Å². The Balaban J connectivity index is 1.35. The zero-order valence-corrected chi connectivity index (χ0v) is 18.7. The quantitative estimate of drug-likeness (QED) is 0.769. The second-order valence-electron chi connectivity index (χ2n) is 10.9. The summed E-state index contributed by atoms with van der Waals surface area (Å²) in [6.07, 6.45) is 12.7. The summed E-state index contributed by atoms with van der Waals surface area (Å²) in [5.41, 5.74) is 0.573. The van der Waals surface area contributed by atoms with Crippen LogP contribution in [0.3, 0.4) is 0 Å². The fraction of sp³-hybridized carbons (Fsp3) is 0.654. The Morgan fingerprint density at radius 2 is 1.62 bits per heavy atom. The topological polar surface area (TPSA) is 75.4 Å². The Hall–Kier alpha value is -2.21. The maximum atomic E-state index is 13.3. The van der Waals surface area contributed by atoms with Gasteiger partial charge in [-0.15, -0.1) is 0 Å². The molecule has 1 aromatic heterocycles. The summed E-state index contributed by atoms with van der Waals surface area (Å²) < 4.78 is 1.79. The van der Waals surface area contributed by atoms with Crippen molar-refractivity contribution in [3.05, 3.63) is 40.3 Å². The van der Waals surface area contributed by atoms with E-state index in [9.17, 15) is 14.7 Å². The lowest BCUT2D eigenvalue weighted by molar-refractivity contribution is 0.0156. The zero-order chi connectivity index (χ0) is 21.8. The molecule has 0 radical (unpaired) electrons. The van der Waals surface area contributed by atoms with Crippen molar-refractivity contribution in [3.63, 3.8) is 0 Å². The molecule has 0 spiro atoms. The van der Waals surface area contributed by atoms with Gasteiger partial charge in [0.15, 0.2) is 0 Å². The predicted octanol–water partition coefficient (Wildman–Crippen LogP) is 4.48. The number of benzene rings is 1. The van der Waals surface area contributed by atoms with E-state index in [0.717, 1.165) is 36.7 Å². The van der Waals surface area contributed by atoms with E-state index in [1.807, 2.05) is 24.3 Å². The molecule has 3 saturated carbocycles. The minimum Gasteiger partial charge on any atom is -0.476 e. The molecule has 0 amide bonds. The molecule has 3 aliphatic carbocycles. The van der Waals surface area contributed by atoms with Gasteiger partial charge in [0.1, 0.15) is 0 Å². The first-order valence-electron chi connectivity index (χ1n) is 12.6. The highest BCUT2D eigenvalue weighted by Gasteiger charge is 2.43. The number of hydrogen-bond acceptors (Lipinski definition) is 4. The molecule has 1 N–H and O–H groups in total. The third-order valence-corrected chi connectivity index (χ3v) is 8.93. The Kier molecular flexibility index (Phi) is 5.09. The average Bonchev–Trinajstić information content (AvgIpc) is 3.10. The average molecular weight is 436 g/mol. The number of para-hydroxylation sites is 2. The van der Waals surface area contributed by atoms with Gasteiger partial charge in [-0.25, -0.2) is 9.78 Å². The summed E-state index contributed by atoms with van der Waals surface area (Å²) in [5, 5.41) is 9.63. The lowest BCUT2D eigenvalue weighted by Crippen LogP contribution is -2.51. The van der Waals surface area contributed by atoms with Gasteiger partial charge < -0.3 is 9.67 Å². The van der Waals surface area contributed by atoms with E-state index in [4.69, 9.17) is 0 Å². The fourth-order valence-corrected chi connectivity index (χ4v) is 7.65. The standard InChI is InChI=1S/C26H33N3O3/c30-25-24(26(31)32)27-22-6-1-2-7-23(22)29(25)21-13-18-8-9-19(14-21)28(15-18)20-11-16-4-3-5-17(10-16)12-20/h1-2,6-7,16-21H,3-5,8-15H2,(H,31,32). The van der Waals surface area contributed by atoms with Gasteiger partial charge in [0, 0.05) is 24.7 Å². The van der Waals surface area contributed by atoms with Crippen LogP contribution in [0.5, 0.6) is 0 Å². The van der Waals surface area contributed by atoms with Crippen LogP contribution in [0.2, 0.25) is 0 Å². The smallest absolute Gasteiger partial charge is 0.360 e. The fourth-order valence-electron chi connectivity index (χ4n) is 7.65. The molecule has 32 heavy (non-hydrogen) atoms. The molecule has 2 aliphatic heterocycles. The number of piperidine rings is 1. The van der Waals surface area contributed by atoms with Gasteiger partial charge in [-0.05, 0) is 74.8 Å². The van der Waals surface area contributed by atoms with Gasteiger partial charge in [-0.3, -0.25) is 9.69 Å². The molecule has 6 heteroatoms. The van der Waals surface area contributed by atoms with Crippen LogP contribution in [0.15, 0.2) is 29.1 Å². The first-order chi connectivity index (χ1) is 15.6. The molecule has 6 nitrogen and oxygen atoms in total. The molecule has 4 bridgehead atoms. The van der Waals surface area contributed by atoms with E-state index < -0.39 is 11.5 Å². The van der Waals surface area contributed by atoms with E-state index in [-0.39, 0.29) is 11.7 Å². The van der Waals surface area contributed by atoms with E-state index in [2.05, 4.69) is 9.88 Å². The summed E-state index contributed by atoms with van der Waals surface area (Å²) in [6, 6.07) is 8.74. The normalized spacial score (nSPS) is 35.0. The molecule has 2 aromatic rings. The third kappa shape index (κ3) is 3.47. The van der Waals surface area contributed by atoms with Crippen molar-refractivity contribution in [2.45, 2.75) is 82.3 Å². The summed E-state index contributed by atoms with van der Waals surface area (Å²) >= 11 is 0.